The molecular formula is C14H19N3O4. The van der Waals surface area contributed by atoms with Crippen LogP contribution in [0.25, 0.3) is 0 Å². The van der Waals surface area contributed by atoms with Crippen LogP contribution in [0.4, 0.5) is 11.4 Å². The van der Waals surface area contributed by atoms with Crippen LogP contribution >= 0.6 is 0 Å². The first-order valence-electron chi connectivity index (χ1n) is 6.95. The lowest BCUT2D eigenvalue weighted by Crippen LogP contribution is -2.40. The second-order valence-electron chi connectivity index (χ2n) is 5.31. The van der Waals surface area contributed by atoms with E-state index < -0.39 is 10.9 Å². The molecule has 1 aliphatic heterocycles. The van der Waals surface area contributed by atoms with Gasteiger partial charge >= 0.3 is 5.97 Å². The van der Waals surface area contributed by atoms with Crippen LogP contribution in [0.5, 0.6) is 0 Å². The van der Waals surface area contributed by atoms with E-state index in [4.69, 9.17) is 5.11 Å². The molecule has 1 aliphatic rings. The van der Waals surface area contributed by atoms with Gasteiger partial charge in [-0.05, 0) is 38.6 Å². The highest BCUT2D eigenvalue weighted by molar-refractivity contribution is 5.89. The highest BCUT2D eigenvalue weighted by Crippen LogP contribution is 2.26. The Hall–Kier alpha value is -2.15. The highest BCUT2D eigenvalue weighted by Gasteiger charge is 2.21. The zero-order valence-corrected chi connectivity index (χ0v) is 11.9. The van der Waals surface area contributed by atoms with Gasteiger partial charge in [0, 0.05) is 18.7 Å². The minimum Gasteiger partial charge on any atom is -0.478 e. The number of likely N-dealkylation sites (N-methyl/N-ethyl adjacent to an activating group) is 1. The molecule has 0 bridgehead atoms. The number of nitrogens with one attached hydrogen (secondary N) is 1. The van der Waals surface area contributed by atoms with Crippen molar-refractivity contribution in [1.82, 2.24) is 4.90 Å². The first-order valence-corrected chi connectivity index (χ1v) is 6.95. The molecule has 2 N–H and O–H groups in total. The van der Waals surface area contributed by atoms with Gasteiger partial charge in [-0.25, -0.2) is 4.79 Å². The molecule has 1 saturated heterocycles. The van der Waals surface area contributed by atoms with E-state index in [2.05, 4.69) is 10.2 Å². The van der Waals surface area contributed by atoms with Crippen LogP contribution in [0.15, 0.2) is 18.2 Å². The number of nitro benzene ring substituents is 1. The number of carboxylic acids is 1. The van der Waals surface area contributed by atoms with Gasteiger partial charge in [0.1, 0.15) is 5.69 Å². The van der Waals surface area contributed by atoms with E-state index in [1.807, 2.05) is 7.05 Å². The SMILES string of the molecule is CN1CCCCC1CNc1ccc(C(=O)O)cc1[N+](=O)[O-]. The minimum absolute atomic E-state index is 0.0814. The van der Waals surface area contributed by atoms with Crippen LogP contribution in [0.1, 0.15) is 29.6 Å². The van der Waals surface area contributed by atoms with Crippen molar-refractivity contribution in [2.75, 3.05) is 25.5 Å². The predicted octanol–water partition coefficient (Wildman–Crippen LogP) is 2.19. The molecule has 21 heavy (non-hydrogen) atoms. The molecule has 7 nitrogen and oxygen atoms in total. The summed E-state index contributed by atoms with van der Waals surface area (Å²) in [7, 11) is 2.05. The standard InChI is InChI=1S/C14H19N3O4/c1-16-7-3-2-4-11(16)9-15-12-6-5-10(14(18)19)8-13(12)17(20)21/h5-6,8,11,15H,2-4,7,9H2,1H3,(H,18,19). The molecule has 114 valence electrons. The molecule has 1 unspecified atom stereocenters. The minimum atomic E-state index is -1.17. The molecule has 0 radical (unpaired) electrons. The van der Waals surface area contributed by atoms with Gasteiger partial charge in [0.25, 0.3) is 5.69 Å². The Morgan fingerprint density at radius 2 is 2.29 bits per heavy atom. The molecule has 1 fully saturated rings. The summed E-state index contributed by atoms with van der Waals surface area (Å²) in [5.74, 6) is -1.17. The number of hydrogen-bond donors (Lipinski definition) is 2. The van der Waals surface area contributed by atoms with Crippen LogP contribution in [0.3, 0.4) is 0 Å². The van der Waals surface area contributed by atoms with Crippen molar-refractivity contribution in [3.63, 3.8) is 0 Å². The van der Waals surface area contributed by atoms with Gasteiger partial charge in [-0.2, -0.15) is 0 Å². The van der Waals surface area contributed by atoms with Gasteiger partial charge < -0.3 is 15.3 Å². The van der Waals surface area contributed by atoms with Crippen molar-refractivity contribution in [3.8, 4) is 0 Å². The summed E-state index contributed by atoms with van der Waals surface area (Å²) in [4.78, 5) is 23.6. The fraction of sp³-hybridized carbons (Fsp3) is 0.500. The molecule has 1 aromatic carbocycles. The average Bonchev–Trinajstić information content (AvgIpc) is 2.46. The van der Waals surface area contributed by atoms with Crippen molar-refractivity contribution in [2.24, 2.45) is 0 Å². The Balaban J connectivity index is 2.11. The molecule has 0 aromatic heterocycles. The van der Waals surface area contributed by atoms with E-state index >= 15 is 0 Å². The van der Waals surface area contributed by atoms with Crippen LogP contribution in [-0.4, -0.2) is 47.1 Å². The molecule has 0 amide bonds. The summed E-state index contributed by atoms with van der Waals surface area (Å²) in [6.07, 6.45) is 3.40. The fourth-order valence-corrected chi connectivity index (χ4v) is 2.60. The molecule has 7 heteroatoms. The topological polar surface area (TPSA) is 95.7 Å². The number of anilines is 1. The second kappa shape index (κ2) is 6.53. The first-order chi connectivity index (χ1) is 9.99. The summed E-state index contributed by atoms with van der Waals surface area (Å²) >= 11 is 0. The normalized spacial score (nSPS) is 19.2. The summed E-state index contributed by atoms with van der Waals surface area (Å²) in [6, 6.07) is 4.28. The lowest BCUT2D eigenvalue weighted by Gasteiger charge is -2.32. The molecule has 0 aliphatic carbocycles. The summed E-state index contributed by atoms with van der Waals surface area (Å²) in [6.45, 7) is 1.65. The maximum atomic E-state index is 11.1. The molecule has 0 spiro atoms. The molecule has 1 aromatic rings. The summed E-state index contributed by atoms with van der Waals surface area (Å²) < 4.78 is 0. The Labute approximate surface area is 122 Å². The number of aromatic carboxylic acids is 1. The quantitative estimate of drug-likeness (QED) is 0.638. The number of nitrogens with zero attached hydrogens (tertiary/aromatic N) is 2. The van der Waals surface area contributed by atoms with Crippen LogP contribution < -0.4 is 5.32 Å². The third-order valence-electron chi connectivity index (χ3n) is 3.89. The van der Waals surface area contributed by atoms with E-state index in [-0.39, 0.29) is 11.3 Å². The highest BCUT2D eigenvalue weighted by atomic mass is 16.6. The third-order valence-corrected chi connectivity index (χ3v) is 3.89. The van der Waals surface area contributed by atoms with Crippen LogP contribution in [0.2, 0.25) is 0 Å². The Kier molecular flexibility index (Phi) is 4.74. The molecular weight excluding hydrogens is 274 g/mol. The van der Waals surface area contributed by atoms with E-state index in [1.165, 1.54) is 18.6 Å². The van der Waals surface area contributed by atoms with E-state index in [9.17, 15) is 14.9 Å². The number of hydrogen-bond acceptors (Lipinski definition) is 5. The van der Waals surface area contributed by atoms with Gasteiger partial charge in [0.2, 0.25) is 0 Å². The van der Waals surface area contributed by atoms with Gasteiger partial charge in [0.05, 0.1) is 10.5 Å². The largest absolute Gasteiger partial charge is 0.478 e. The van der Waals surface area contributed by atoms with E-state index in [1.54, 1.807) is 0 Å². The summed E-state index contributed by atoms with van der Waals surface area (Å²) in [5.41, 5.74) is 0.0828. The Morgan fingerprint density at radius 1 is 1.52 bits per heavy atom. The zero-order chi connectivity index (χ0) is 15.4. The third kappa shape index (κ3) is 3.69. The first kappa shape index (κ1) is 15.2. The number of nitro groups is 1. The molecule has 1 atom stereocenters. The second-order valence-corrected chi connectivity index (χ2v) is 5.31. The summed E-state index contributed by atoms with van der Waals surface area (Å²) in [5, 5.41) is 23.1. The van der Waals surface area contributed by atoms with E-state index in [0.717, 1.165) is 25.5 Å². The fourth-order valence-electron chi connectivity index (χ4n) is 2.60. The van der Waals surface area contributed by atoms with Crippen LogP contribution in [0, 0.1) is 10.1 Å². The monoisotopic (exact) mass is 293 g/mol. The average molecular weight is 293 g/mol. The predicted molar refractivity (Wildman–Crippen MR) is 78.8 cm³/mol. The number of benzene rings is 1. The molecule has 1 heterocycles. The Bertz CT molecular complexity index is 547. The van der Waals surface area contributed by atoms with Gasteiger partial charge in [-0.15, -0.1) is 0 Å². The van der Waals surface area contributed by atoms with Gasteiger partial charge in [-0.1, -0.05) is 6.42 Å². The maximum absolute atomic E-state index is 11.1. The number of rotatable bonds is 5. The number of carboxylic acid groups (broad SMARTS) is 1. The van der Waals surface area contributed by atoms with Crippen molar-refractivity contribution in [2.45, 2.75) is 25.3 Å². The molecule has 2 rings (SSSR count). The lowest BCUT2D eigenvalue weighted by molar-refractivity contribution is -0.384. The maximum Gasteiger partial charge on any atom is 0.335 e. The Morgan fingerprint density at radius 3 is 2.90 bits per heavy atom. The van der Waals surface area contributed by atoms with Gasteiger partial charge in [-0.3, -0.25) is 10.1 Å². The number of carbonyl (C=O) groups is 1. The number of piperidine rings is 1. The lowest BCUT2D eigenvalue weighted by atomic mass is 10.0. The van der Waals surface area contributed by atoms with Crippen molar-refractivity contribution in [3.05, 3.63) is 33.9 Å². The van der Waals surface area contributed by atoms with Crippen molar-refractivity contribution < 1.29 is 14.8 Å². The molecule has 0 saturated carbocycles. The smallest absolute Gasteiger partial charge is 0.335 e. The number of likely N-dealkylation sites (tertiary alicyclic amines) is 1. The van der Waals surface area contributed by atoms with Crippen molar-refractivity contribution in [1.29, 1.82) is 0 Å². The van der Waals surface area contributed by atoms with Crippen LogP contribution in [-0.2, 0) is 0 Å². The van der Waals surface area contributed by atoms with Gasteiger partial charge in [0.15, 0.2) is 0 Å². The zero-order valence-electron chi connectivity index (χ0n) is 11.9. The van der Waals surface area contributed by atoms with Crippen molar-refractivity contribution >= 4 is 17.3 Å². The van der Waals surface area contributed by atoms with E-state index in [0.29, 0.717) is 18.3 Å².